The number of nitrogens with one attached hydrogen (secondary N) is 1. The van der Waals surface area contributed by atoms with Crippen LogP contribution in [0.25, 0.3) is 22.4 Å². The number of fused-ring (bicyclic) bond motifs is 1. The zero-order chi connectivity index (χ0) is 18.1. The minimum absolute atomic E-state index is 0.0424. The molecule has 4 rings (SSSR count). The summed E-state index contributed by atoms with van der Waals surface area (Å²) in [5.74, 6) is 0.468. The van der Waals surface area contributed by atoms with Gasteiger partial charge in [0.1, 0.15) is 21.7 Å². The van der Waals surface area contributed by atoms with E-state index in [4.69, 9.17) is 0 Å². The Morgan fingerprint density at radius 1 is 1.00 bits per heavy atom. The highest BCUT2D eigenvalue weighted by molar-refractivity contribution is 7.93. The molecular formula is C16H11N5O3S2. The molecule has 130 valence electrons. The van der Waals surface area contributed by atoms with E-state index in [9.17, 15) is 13.5 Å². The monoisotopic (exact) mass is 385 g/mol. The molecule has 2 aromatic heterocycles. The van der Waals surface area contributed by atoms with E-state index in [-0.39, 0.29) is 16.3 Å². The van der Waals surface area contributed by atoms with E-state index in [1.165, 1.54) is 24.5 Å². The summed E-state index contributed by atoms with van der Waals surface area (Å²) in [6, 6.07) is 11.3. The number of hydrogen-bond acceptors (Lipinski definition) is 8. The summed E-state index contributed by atoms with van der Waals surface area (Å²) < 4.78 is 35.8. The van der Waals surface area contributed by atoms with Gasteiger partial charge in [0.25, 0.3) is 10.0 Å². The molecule has 10 heteroatoms. The van der Waals surface area contributed by atoms with E-state index in [0.717, 1.165) is 11.7 Å². The second-order valence-electron chi connectivity index (χ2n) is 5.34. The summed E-state index contributed by atoms with van der Waals surface area (Å²) in [5.41, 5.74) is 1.68. The molecule has 4 aromatic rings. The lowest BCUT2D eigenvalue weighted by Gasteiger charge is -2.08. The molecular weight excluding hydrogens is 374 g/mol. The first-order valence-corrected chi connectivity index (χ1v) is 9.60. The topological polar surface area (TPSA) is 118 Å². The summed E-state index contributed by atoms with van der Waals surface area (Å²) in [6.45, 7) is 0. The number of phenolic OH excluding ortho intramolecular Hbond substituents is 1. The van der Waals surface area contributed by atoms with Gasteiger partial charge >= 0.3 is 0 Å². The number of aromatic hydroxyl groups is 1. The van der Waals surface area contributed by atoms with Gasteiger partial charge in [-0.05, 0) is 24.3 Å². The van der Waals surface area contributed by atoms with E-state index in [1.54, 1.807) is 30.3 Å². The Kier molecular flexibility index (Phi) is 3.98. The van der Waals surface area contributed by atoms with Crippen molar-refractivity contribution < 1.29 is 13.5 Å². The molecule has 8 nitrogen and oxygen atoms in total. The number of rotatable bonds is 4. The number of phenols is 1. The van der Waals surface area contributed by atoms with Crippen molar-refractivity contribution >= 4 is 38.5 Å². The molecule has 0 unspecified atom stereocenters. The van der Waals surface area contributed by atoms with Gasteiger partial charge < -0.3 is 5.11 Å². The summed E-state index contributed by atoms with van der Waals surface area (Å²) in [7, 11) is -3.86. The molecule has 0 radical (unpaired) electrons. The third-order valence-electron chi connectivity index (χ3n) is 3.55. The zero-order valence-corrected chi connectivity index (χ0v) is 14.7. The lowest BCUT2D eigenvalue weighted by atomic mass is 10.2. The van der Waals surface area contributed by atoms with Crippen LogP contribution in [0, 0.1) is 0 Å². The fraction of sp³-hybridized carbons (Fsp3) is 0. The minimum atomic E-state index is -3.86. The maximum Gasteiger partial charge on any atom is 0.264 e. The first-order valence-electron chi connectivity index (χ1n) is 7.38. The van der Waals surface area contributed by atoms with E-state index in [1.807, 2.05) is 0 Å². The van der Waals surface area contributed by atoms with E-state index in [0.29, 0.717) is 22.4 Å². The van der Waals surface area contributed by atoms with Crippen molar-refractivity contribution in [3.8, 4) is 17.1 Å². The van der Waals surface area contributed by atoms with Crippen LogP contribution < -0.4 is 4.72 Å². The summed E-state index contributed by atoms with van der Waals surface area (Å²) in [6.07, 6.45) is 2.73. The molecule has 0 amide bonds. The number of aromatic nitrogens is 4. The van der Waals surface area contributed by atoms with Crippen LogP contribution in [0.4, 0.5) is 5.69 Å². The highest BCUT2D eigenvalue weighted by atomic mass is 32.2. The molecule has 26 heavy (non-hydrogen) atoms. The smallest absolute Gasteiger partial charge is 0.264 e. The number of sulfonamides is 1. The second kappa shape index (κ2) is 6.32. The first-order chi connectivity index (χ1) is 12.5. The maximum atomic E-state index is 12.7. The first kappa shape index (κ1) is 16.4. The van der Waals surface area contributed by atoms with Gasteiger partial charge in [-0.2, -0.15) is 8.75 Å². The molecule has 0 fully saturated rings. The molecule has 0 aliphatic rings. The fourth-order valence-electron chi connectivity index (χ4n) is 2.38. The molecule has 2 heterocycles. The lowest BCUT2D eigenvalue weighted by molar-refractivity contribution is 0.475. The normalized spacial score (nSPS) is 11.5. The Balaban J connectivity index is 1.64. The molecule has 0 spiro atoms. The van der Waals surface area contributed by atoms with E-state index in [2.05, 4.69) is 23.4 Å². The van der Waals surface area contributed by atoms with Crippen LogP contribution in [0.2, 0.25) is 0 Å². The highest BCUT2D eigenvalue weighted by Gasteiger charge is 2.20. The van der Waals surface area contributed by atoms with E-state index >= 15 is 0 Å². The van der Waals surface area contributed by atoms with Crippen LogP contribution in [0.1, 0.15) is 0 Å². The quantitative estimate of drug-likeness (QED) is 0.554. The Labute approximate surface area is 152 Å². The second-order valence-corrected chi connectivity index (χ2v) is 7.52. The average molecular weight is 385 g/mol. The van der Waals surface area contributed by atoms with Crippen molar-refractivity contribution in [2.45, 2.75) is 4.90 Å². The lowest BCUT2D eigenvalue weighted by Crippen LogP contribution is -2.14. The highest BCUT2D eigenvalue weighted by Crippen LogP contribution is 2.24. The minimum Gasteiger partial charge on any atom is -0.508 e. The molecule has 2 aromatic carbocycles. The Bertz CT molecular complexity index is 1190. The van der Waals surface area contributed by atoms with Gasteiger partial charge in [0.05, 0.1) is 29.8 Å². The van der Waals surface area contributed by atoms with Crippen LogP contribution in [0.5, 0.6) is 5.75 Å². The van der Waals surface area contributed by atoms with Gasteiger partial charge in [-0.15, -0.1) is 0 Å². The van der Waals surface area contributed by atoms with Gasteiger partial charge in [-0.1, -0.05) is 18.2 Å². The van der Waals surface area contributed by atoms with Crippen molar-refractivity contribution in [1.82, 2.24) is 18.7 Å². The van der Waals surface area contributed by atoms with Crippen LogP contribution in [0.3, 0.4) is 0 Å². The van der Waals surface area contributed by atoms with Crippen molar-refractivity contribution in [1.29, 1.82) is 0 Å². The van der Waals surface area contributed by atoms with Gasteiger partial charge in [-0.3, -0.25) is 4.72 Å². The number of nitrogens with zero attached hydrogens (tertiary/aromatic N) is 4. The average Bonchev–Trinajstić information content (AvgIpc) is 3.10. The maximum absolute atomic E-state index is 12.7. The van der Waals surface area contributed by atoms with Crippen molar-refractivity contribution in [3.05, 3.63) is 54.9 Å². The van der Waals surface area contributed by atoms with Gasteiger partial charge in [0, 0.05) is 5.56 Å². The number of benzene rings is 2. The SMILES string of the molecule is O=S(=O)(Nc1cnc(-c2cccc(O)c2)nc1)c1cccc2nsnc12. The van der Waals surface area contributed by atoms with Crippen molar-refractivity contribution in [2.75, 3.05) is 4.72 Å². The molecule has 2 N–H and O–H groups in total. The third-order valence-corrected chi connectivity index (χ3v) is 5.50. The number of anilines is 1. The fourth-order valence-corrected chi connectivity index (χ4v) is 4.18. The van der Waals surface area contributed by atoms with Gasteiger partial charge in [-0.25, -0.2) is 18.4 Å². The Morgan fingerprint density at radius 2 is 1.77 bits per heavy atom. The van der Waals surface area contributed by atoms with Gasteiger partial charge in [0.15, 0.2) is 5.82 Å². The number of hydrogen-bond donors (Lipinski definition) is 2. The summed E-state index contributed by atoms with van der Waals surface area (Å²) >= 11 is 0.953. The van der Waals surface area contributed by atoms with Crippen LogP contribution >= 0.6 is 11.7 Å². The van der Waals surface area contributed by atoms with Crippen molar-refractivity contribution in [2.24, 2.45) is 0 Å². The molecule has 0 saturated heterocycles. The third kappa shape index (κ3) is 3.07. The predicted octanol–water partition coefficient (Wildman–Crippen LogP) is 2.65. The van der Waals surface area contributed by atoms with Gasteiger partial charge in [0.2, 0.25) is 0 Å². The standard InChI is InChI=1S/C16H11N5O3S2/c22-12-4-1-3-10(7-12)16-17-8-11(9-18-16)21-26(23,24)14-6-2-5-13-15(14)20-25-19-13/h1-9,21-22H. The van der Waals surface area contributed by atoms with Crippen LogP contribution in [-0.4, -0.2) is 32.2 Å². The Morgan fingerprint density at radius 3 is 2.54 bits per heavy atom. The molecule has 0 atom stereocenters. The molecule has 0 aliphatic carbocycles. The van der Waals surface area contributed by atoms with Crippen LogP contribution in [0.15, 0.2) is 59.8 Å². The molecule has 0 aliphatic heterocycles. The largest absolute Gasteiger partial charge is 0.508 e. The Hall–Kier alpha value is -3.11. The molecule has 0 saturated carbocycles. The molecule has 0 bridgehead atoms. The van der Waals surface area contributed by atoms with E-state index < -0.39 is 10.0 Å². The summed E-state index contributed by atoms with van der Waals surface area (Å²) in [5, 5.41) is 9.52. The zero-order valence-electron chi connectivity index (χ0n) is 13.1. The summed E-state index contributed by atoms with van der Waals surface area (Å²) in [4.78, 5) is 8.33. The van der Waals surface area contributed by atoms with Crippen molar-refractivity contribution in [3.63, 3.8) is 0 Å². The van der Waals surface area contributed by atoms with Crippen LogP contribution in [-0.2, 0) is 10.0 Å². The predicted molar refractivity (Wildman–Crippen MR) is 97.4 cm³/mol.